The summed E-state index contributed by atoms with van der Waals surface area (Å²) in [5.74, 6) is -0.346. The van der Waals surface area contributed by atoms with E-state index in [4.69, 9.17) is 4.74 Å². The van der Waals surface area contributed by atoms with Gasteiger partial charge in [-0.15, -0.1) is 0 Å². The van der Waals surface area contributed by atoms with Crippen molar-refractivity contribution in [2.45, 2.75) is 19.1 Å². The van der Waals surface area contributed by atoms with Crippen LogP contribution in [0.3, 0.4) is 0 Å². The third kappa shape index (κ3) is 6.62. The molecule has 3 aromatic carbocycles. The van der Waals surface area contributed by atoms with Crippen LogP contribution in [0.5, 0.6) is 5.75 Å². The highest BCUT2D eigenvalue weighted by atomic mass is 16.5. The zero-order valence-corrected chi connectivity index (χ0v) is 23.0. The molecule has 8 nitrogen and oxygen atoms in total. The van der Waals surface area contributed by atoms with E-state index in [1.807, 2.05) is 84.9 Å². The molecule has 1 atom stereocenters. The number of likely N-dealkylation sites (N-methyl/N-ethyl adjacent to an activating group) is 1. The lowest BCUT2D eigenvalue weighted by Crippen LogP contribution is -2.49. The summed E-state index contributed by atoms with van der Waals surface area (Å²) in [6, 6.07) is 25.9. The smallest absolute Gasteiger partial charge is 0.247 e. The van der Waals surface area contributed by atoms with Crippen LogP contribution in [0.2, 0.25) is 0 Å². The molecule has 1 unspecified atom stereocenters. The summed E-state index contributed by atoms with van der Waals surface area (Å²) in [7, 11) is 3.30. The Morgan fingerprint density at radius 1 is 0.951 bits per heavy atom. The Kier molecular flexibility index (Phi) is 8.41. The van der Waals surface area contributed by atoms with Gasteiger partial charge in [-0.1, -0.05) is 66.7 Å². The summed E-state index contributed by atoms with van der Waals surface area (Å²) in [6.07, 6.45) is 3.59. The van der Waals surface area contributed by atoms with Gasteiger partial charge in [0.1, 0.15) is 11.8 Å². The second kappa shape index (κ2) is 12.5. The monoisotopic (exact) mass is 548 g/mol. The fourth-order valence-electron chi connectivity index (χ4n) is 4.70. The Morgan fingerprint density at radius 3 is 2.44 bits per heavy atom. The van der Waals surface area contributed by atoms with Gasteiger partial charge in [-0.3, -0.25) is 14.6 Å². The number of carbonyl (C=O) groups excluding carboxylic acids is 2. The van der Waals surface area contributed by atoms with Crippen molar-refractivity contribution >= 4 is 22.7 Å². The third-order valence-electron chi connectivity index (χ3n) is 6.85. The second-order valence-electron chi connectivity index (χ2n) is 10.1. The highest BCUT2D eigenvalue weighted by molar-refractivity contribution is 5.90. The molecule has 0 saturated heterocycles. The molecule has 2 heterocycles. The van der Waals surface area contributed by atoms with Crippen LogP contribution in [0.1, 0.15) is 11.1 Å². The van der Waals surface area contributed by atoms with Gasteiger partial charge in [0.05, 0.1) is 37.0 Å². The Bertz CT molecular complexity index is 1610. The number of rotatable bonds is 10. The van der Waals surface area contributed by atoms with Crippen LogP contribution >= 0.6 is 0 Å². The Hall–Kier alpha value is -4.95. The average molecular weight is 549 g/mol. The lowest BCUT2D eigenvalue weighted by molar-refractivity contribution is -0.136. The molecule has 0 spiro atoms. The van der Waals surface area contributed by atoms with E-state index < -0.39 is 6.04 Å². The van der Waals surface area contributed by atoms with Crippen LogP contribution in [0.15, 0.2) is 97.3 Å². The molecule has 5 aromatic rings. The van der Waals surface area contributed by atoms with E-state index in [0.717, 1.165) is 33.3 Å². The highest BCUT2D eigenvalue weighted by Gasteiger charge is 2.23. The minimum Gasteiger partial charge on any atom is -0.507 e. The van der Waals surface area contributed by atoms with Gasteiger partial charge in [0.15, 0.2) is 0 Å². The van der Waals surface area contributed by atoms with Gasteiger partial charge in [0.25, 0.3) is 0 Å². The molecule has 0 aliphatic carbocycles. The van der Waals surface area contributed by atoms with Crippen LogP contribution < -0.4 is 5.32 Å². The molecule has 0 aliphatic heterocycles. The number of pyridine rings is 1. The van der Waals surface area contributed by atoms with Crippen LogP contribution in [-0.2, 0) is 27.4 Å². The number of carbonyl (C=O) groups is 2. The molecule has 3 N–H and O–H groups in total. The molecule has 208 valence electrons. The number of para-hydroxylation sites is 1. The number of phenolic OH excluding ortho intramolecular Hbond substituents is 1. The van der Waals surface area contributed by atoms with Crippen molar-refractivity contribution in [1.29, 1.82) is 0 Å². The first kappa shape index (κ1) is 27.6. The molecule has 2 aromatic heterocycles. The van der Waals surface area contributed by atoms with Gasteiger partial charge in [-0.2, -0.15) is 0 Å². The quantitative estimate of drug-likeness (QED) is 0.229. The first-order chi connectivity index (χ1) is 19.9. The SMILES string of the molecule is CN(C)C(=O)C(COCc1ccccc1)NC(=O)Cc1ccc(-c2cccc(-c3cc4ccncc4[nH]3)c2O)cc1. The third-order valence-corrected chi connectivity index (χ3v) is 6.85. The largest absolute Gasteiger partial charge is 0.507 e. The van der Waals surface area contributed by atoms with Crippen molar-refractivity contribution in [2.24, 2.45) is 0 Å². The number of amides is 2. The lowest BCUT2D eigenvalue weighted by Gasteiger charge is -2.22. The maximum absolute atomic E-state index is 12.9. The first-order valence-corrected chi connectivity index (χ1v) is 13.4. The predicted molar refractivity (Wildman–Crippen MR) is 159 cm³/mol. The summed E-state index contributed by atoms with van der Waals surface area (Å²) in [4.78, 5) is 34.5. The van der Waals surface area contributed by atoms with Crippen LogP contribution in [0, 0.1) is 0 Å². The van der Waals surface area contributed by atoms with Crippen molar-refractivity contribution in [3.63, 3.8) is 0 Å². The number of aromatic hydroxyl groups is 1. The molecular formula is C33H32N4O4. The van der Waals surface area contributed by atoms with Crippen LogP contribution in [-0.4, -0.2) is 58.5 Å². The summed E-state index contributed by atoms with van der Waals surface area (Å²) >= 11 is 0. The Labute approximate surface area is 238 Å². The van der Waals surface area contributed by atoms with Gasteiger partial charge in [-0.25, -0.2) is 0 Å². The number of hydrogen-bond acceptors (Lipinski definition) is 5. The molecule has 5 rings (SSSR count). The Balaban J connectivity index is 1.25. The van der Waals surface area contributed by atoms with E-state index in [1.54, 1.807) is 26.5 Å². The molecule has 0 saturated carbocycles. The van der Waals surface area contributed by atoms with Gasteiger partial charge in [0.2, 0.25) is 11.8 Å². The van der Waals surface area contributed by atoms with Gasteiger partial charge >= 0.3 is 0 Å². The van der Waals surface area contributed by atoms with Gasteiger partial charge in [-0.05, 0) is 34.9 Å². The van der Waals surface area contributed by atoms with Crippen molar-refractivity contribution in [3.05, 3.63) is 108 Å². The van der Waals surface area contributed by atoms with Gasteiger partial charge < -0.3 is 25.0 Å². The minimum absolute atomic E-state index is 0.0685. The number of ether oxygens (including phenoxy) is 1. The fraction of sp³-hybridized carbons (Fsp3) is 0.182. The molecule has 41 heavy (non-hydrogen) atoms. The summed E-state index contributed by atoms with van der Waals surface area (Å²) in [6.45, 7) is 0.417. The van der Waals surface area contributed by atoms with E-state index in [2.05, 4.69) is 15.3 Å². The maximum atomic E-state index is 12.9. The summed E-state index contributed by atoms with van der Waals surface area (Å²) < 4.78 is 5.75. The topological polar surface area (TPSA) is 108 Å². The van der Waals surface area contributed by atoms with Crippen molar-refractivity contribution in [1.82, 2.24) is 20.2 Å². The maximum Gasteiger partial charge on any atom is 0.247 e. The number of H-pyrrole nitrogens is 1. The average Bonchev–Trinajstić information content (AvgIpc) is 3.41. The van der Waals surface area contributed by atoms with Crippen LogP contribution in [0.4, 0.5) is 0 Å². The van der Waals surface area contributed by atoms with E-state index >= 15 is 0 Å². The summed E-state index contributed by atoms with van der Waals surface area (Å²) in [5.41, 5.74) is 5.66. The zero-order valence-electron chi connectivity index (χ0n) is 23.0. The number of aromatic nitrogens is 2. The predicted octanol–water partition coefficient (Wildman–Crippen LogP) is 4.93. The molecule has 2 amide bonds. The number of benzene rings is 3. The molecule has 0 radical (unpaired) electrons. The van der Waals surface area contributed by atoms with E-state index in [0.29, 0.717) is 17.7 Å². The standard InChI is InChI=1S/C33H32N4O4/c1-37(2)33(40)30(21-41-20-23-7-4-3-5-8-23)36-31(38)17-22-11-13-24(14-12-22)26-9-6-10-27(32(26)39)28-18-25-15-16-34-19-29(25)35-28/h3-16,18-19,30,35,39H,17,20-21H2,1-2H3,(H,36,38). The number of phenols is 1. The Morgan fingerprint density at radius 2 is 1.71 bits per heavy atom. The number of hydrogen-bond donors (Lipinski definition) is 3. The number of nitrogens with one attached hydrogen (secondary N) is 2. The normalized spacial score (nSPS) is 11.8. The summed E-state index contributed by atoms with van der Waals surface area (Å²) in [5, 5.41) is 15.0. The fourth-order valence-corrected chi connectivity index (χ4v) is 4.70. The lowest BCUT2D eigenvalue weighted by atomic mass is 9.98. The second-order valence-corrected chi connectivity index (χ2v) is 10.1. The minimum atomic E-state index is -0.791. The number of aromatic amines is 1. The molecule has 0 fully saturated rings. The van der Waals surface area contributed by atoms with E-state index in [-0.39, 0.29) is 30.6 Å². The highest BCUT2D eigenvalue weighted by Crippen LogP contribution is 2.38. The van der Waals surface area contributed by atoms with Crippen molar-refractivity contribution in [2.75, 3.05) is 20.7 Å². The van der Waals surface area contributed by atoms with Crippen molar-refractivity contribution < 1.29 is 19.4 Å². The van der Waals surface area contributed by atoms with Crippen molar-refractivity contribution in [3.8, 4) is 28.1 Å². The van der Waals surface area contributed by atoms with E-state index in [9.17, 15) is 14.7 Å². The number of fused-ring (bicyclic) bond motifs is 1. The van der Waals surface area contributed by atoms with Gasteiger partial charge in [0, 0.05) is 36.8 Å². The molecule has 0 aliphatic rings. The zero-order chi connectivity index (χ0) is 28.8. The molecular weight excluding hydrogens is 516 g/mol. The molecule has 0 bridgehead atoms. The number of nitrogens with zero attached hydrogens (tertiary/aromatic N) is 2. The van der Waals surface area contributed by atoms with E-state index in [1.165, 1.54) is 4.90 Å². The first-order valence-electron chi connectivity index (χ1n) is 13.4. The van der Waals surface area contributed by atoms with Crippen LogP contribution in [0.25, 0.3) is 33.3 Å². The molecule has 8 heteroatoms.